The summed E-state index contributed by atoms with van der Waals surface area (Å²) in [5.74, 6) is 2.15. The standard InChI is InChI=1S/C19H25N5OS/c1-14-6-8-17(9-7-14)24-19(20-21-22-24)26-13-18(25)23-11-10-15-4-2-3-5-16(15)12-23/h6-9,15-16H,2-5,10-13H2,1H3/t15-,16-/m1/s1. The minimum absolute atomic E-state index is 0.206. The molecule has 6 nitrogen and oxygen atoms in total. The summed E-state index contributed by atoms with van der Waals surface area (Å²) in [5.41, 5.74) is 2.11. The third-order valence-electron chi connectivity index (χ3n) is 5.69. The molecule has 1 aliphatic heterocycles. The van der Waals surface area contributed by atoms with Crippen molar-refractivity contribution in [3.05, 3.63) is 29.8 Å². The SMILES string of the molecule is Cc1ccc(-n2nnnc2SCC(=O)N2CC[C@H]3CCCC[C@@H]3C2)cc1. The highest BCUT2D eigenvalue weighted by molar-refractivity contribution is 7.99. The minimum Gasteiger partial charge on any atom is -0.342 e. The number of piperidine rings is 1. The van der Waals surface area contributed by atoms with Crippen molar-refractivity contribution >= 4 is 17.7 Å². The Labute approximate surface area is 158 Å². The first kappa shape index (κ1) is 17.5. The Hall–Kier alpha value is -1.89. The highest BCUT2D eigenvalue weighted by atomic mass is 32.2. The largest absolute Gasteiger partial charge is 0.342 e. The molecule has 2 aliphatic rings. The van der Waals surface area contributed by atoms with E-state index in [4.69, 9.17) is 0 Å². The molecule has 1 aromatic carbocycles. The van der Waals surface area contributed by atoms with Gasteiger partial charge in [0, 0.05) is 13.1 Å². The van der Waals surface area contributed by atoms with Gasteiger partial charge in [0.05, 0.1) is 11.4 Å². The van der Waals surface area contributed by atoms with E-state index in [1.165, 1.54) is 49.4 Å². The number of aromatic nitrogens is 4. The summed E-state index contributed by atoms with van der Waals surface area (Å²) in [4.78, 5) is 14.7. The fourth-order valence-corrected chi connectivity index (χ4v) is 4.96. The highest BCUT2D eigenvalue weighted by Crippen LogP contribution is 2.36. The summed E-state index contributed by atoms with van der Waals surface area (Å²) >= 11 is 1.42. The Balaban J connectivity index is 1.36. The molecule has 2 heterocycles. The third-order valence-corrected chi connectivity index (χ3v) is 6.59. The Morgan fingerprint density at radius 1 is 1.15 bits per heavy atom. The van der Waals surface area contributed by atoms with Gasteiger partial charge >= 0.3 is 0 Å². The summed E-state index contributed by atoms with van der Waals surface area (Å²) in [6, 6.07) is 8.05. The van der Waals surface area contributed by atoms with Gasteiger partial charge in [-0.15, -0.1) is 5.10 Å². The Morgan fingerprint density at radius 2 is 1.92 bits per heavy atom. The number of benzene rings is 1. The Bertz CT molecular complexity index is 760. The van der Waals surface area contributed by atoms with Crippen LogP contribution in [0.2, 0.25) is 0 Å². The van der Waals surface area contributed by atoms with Gasteiger partial charge in [0.25, 0.3) is 0 Å². The van der Waals surface area contributed by atoms with Crippen molar-refractivity contribution in [3.8, 4) is 5.69 Å². The third kappa shape index (κ3) is 3.77. The van der Waals surface area contributed by atoms with Gasteiger partial charge in [0.1, 0.15) is 0 Å². The second-order valence-electron chi connectivity index (χ2n) is 7.43. The number of nitrogens with zero attached hydrogens (tertiary/aromatic N) is 5. The molecule has 1 saturated heterocycles. The molecule has 2 fully saturated rings. The lowest BCUT2D eigenvalue weighted by Crippen LogP contribution is -2.45. The molecule has 138 valence electrons. The van der Waals surface area contributed by atoms with Crippen molar-refractivity contribution in [1.29, 1.82) is 0 Å². The van der Waals surface area contributed by atoms with Crippen molar-refractivity contribution in [1.82, 2.24) is 25.1 Å². The molecular weight excluding hydrogens is 346 g/mol. The molecular formula is C19H25N5OS. The van der Waals surface area contributed by atoms with Gasteiger partial charge in [-0.25, -0.2) is 0 Å². The fourth-order valence-electron chi connectivity index (χ4n) is 4.16. The van der Waals surface area contributed by atoms with Crippen LogP contribution in [0.15, 0.2) is 29.4 Å². The van der Waals surface area contributed by atoms with Gasteiger partial charge in [0.2, 0.25) is 11.1 Å². The Morgan fingerprint density at radius 3 is 2.73 bits per heavy atom. The molecule has 1 amide bonds. The lowest BCUT2D eigenvalue weighted by Gasteiger charge is -2.41. The van der Waals surface area contributed by atoms with Crippen molar-refractivity contribution in [3.63, 3.8) is 0 Å². The summed E-state index contributed by atoms with van der Waals surface area (Å²) in [7, 11) is 0. The van der Waals surface area contributed by atoms with Crippen LogP contribution < -0.4 is 0 Å². The number of tetrazole rings is 1. The monoisotopic (exact) mass is 371 g/mol. The van der Waals surface area contributed by atoms with Crippen LogP contribution in [0.4, 0.5) is 0 Å². The zero-order valence-corrected chi connectivity index (χ0v) is 16.0. The van der Waals surface area contributed by atoms with E-state index in [0.29, 0.717) is 16.8 Å². The number of hydrogen-bond acceptors (Lipinski definition) is 5. The van der Waals surface area contributed by atoms with Crippen molar-refractivity contribution in [2.45, 2.75) is 44.2 Å². The average Bonchev–Trinajstić information content (AvgIpc) is 3.15. The molecule has 4 rings (SSSR count). The molecule has 1 saturated carbocycles. The van der Waals surface area contributed by atoms with Crippen LogP contribution in [0.5, 0.6) is 0 Å². The zero-order chi connectivity index (χ0) is 17.9. The lowest BCUT2D eigenvalue weighted by molar-refractivity contribution is -0.131. The first-order valence-electron chi connectivity index (χ1n) is 9.47. The van der Waals surface area contributed by atoms with Gasteiger partial charge < -0.3 is 4.90 Å². The number of carbonyl (C=O) groups excluding carboxylic acids is 1. The molecule has 0 N–H and O–H groups in total. The van der Waals surface area contributed by atoms with E-state index in [1.807, 2.05) is 31.2 Å². The maximum absolute atomic E-state index is 12.7. The highest BCUT2D eigenvalue weighted by Gasteiger charge is 2.32. The molecule has 1 aliphatic carbocycles. The molecule has 0 spiro atoms. The Kier molecular flexibility index (Phi) is 5.24. The number of rotatable bonds is 4. The van der Waals surface area contributed by atoms with Gasteiger partial charge in [-0.3, -0.25) is 4.79 Å². The van der Waals surface area contributed by atoms with Gasteiger partial charge in [-0.1, -0.05) is 48.7 Å². The van der Waals surface area contributed by atoms with Crippen molar-refractivity contribution < 1.29 is 4.79 Å². The second-order valence-corrected chi connectivity index (χ2v) is 8.37. The minimum atomic E-state index is 0.206. The number of carbonyl (C=O) groups is 1. The number of amides is 1. The van der Waals surface area contributed by atoms with Gasteiger partial charge in [-0.2, -0.15) is 4.68 Å². The summed E-state index contributed by atoms with van der Waals surface area (Å²) in [6.07, 6.45) is 6.50. The summed E-state index contributed by atoms with van der Waals surface area (Å²) in [5, 5.41) is 12.6. The van der Waals surface area contributed by atoms with Crippen LogP contribution in [-0.4, -0.2) is 49.9 Å². The average molecular weight is 372 g/mol. The lowest BCUT2D eigenvalue weighted by atomic mass is 9.75. The fraction of sp³-hybridized carbons (Fsp3) is 0.579. The van der Waals surface area contributed by atoms with Crippen LogP contribution in [0.3, 0.4) is 0 Å². The molecule has 2 atom stereocenters. The topological polar surface area (TPSA) is 63.9 Å². The van der Waals surface area contributed by atoms with Crippen LogP contribution in [0.1, 0.15) is 37.7 Å². The zero-order valence-electron chi connectivity index (χ0n) is 15.2. The van der Waals surface area contributed by atoms with Crippen LogP contribution in [-0.2, 0) is 4.79 Å². The van der Waals surface area contributed by atoms with Crippen molar-refractivity contribution in [2.24, 2.45) is 11.8 Å². The number of aryl methyl sites for hydroxylation is 1. The summed E-state index contributed by atoms with van der Waals surface area (Å²) in [6.45, 7) is 3.89. The number of thioether (sulfide) groups is 1. The van der Waals surface area contributed by atoms with E-state index in [0.717, 1.165) is 24.7 Å². The van der Waals surface area contributed by atoms with Crippen molar-refractivity contribution in [2.75, 3.05) is 18.8 Å². The summed E-state index contributed by atoms with van der Waals surface area (Å²) < 4.78 is 1.70. The quantitative estimate of drug-likeness (QED) is 0.773. The predicted octanol–water partition coefficient (Wildman–Crippen LogP) is 3.10. The molecule has 0 unspecified atom stereocenters. The van der Waals surface area contributed by atoms with Crippen LogP contribution >= 0.6 is 11.8 Å². The maximum atomic E-state index is 12.7. The van der Waals surface area contributed by atoms with Crippen LogP contribution in [0, 0.1) is 18.8 Å². The van der Waals surface area contributed by atoms with E-state index in [2.05, 4.69) is 20.4 Å². The van der Waals surface area contributed by atoms with E-state index in [1.54, 1.807) is 4.68 Å². The predicted molar refractivity (Wildman–Crippen MR) is 101 cm³/mol. The van der Waals surface area contributed by atoms with Gasteiger partial charge in [-0.05, 0) is 54.2 Å². The van der Waals surface area contributed by atoms with E-state index >= 15 is 0 Å². The molecule has 0 bridgehead atoms. The van der Waals surface area contributed by atoms with E-state index in [9.17, 15) is 4.79 Å². The molecule has 0 radical (unpaired) electrons. The first-order chi connectivity index (χ1) is 12.7. The number of hydrogen-bond donors (Lipinski definition) is 0. The molecule has 1 aromatic heterocycles. The molecule has 7 heteroatoms. The normalized spacial score (nSPS) is 22.9. The first-order valence-corrected chi connectivity index (χ1v) is 10.5. The van der Waals surface area contributed by atoms with Gasteiger partial charge in [0.15, 0.2) is 0 Å². The number of fused-ring (bicyclic) bond motifs is 1. The molecule has 2 aromatic rings. The van der Waals surface area contributed by atoms with E-state index < -0.39 is 0 Å². The molecule has 26 heavy (non-hydrogen) atoms. The van der Waals surface area contributed by atoms with E-state index in [-0.39, 0.29) is 5.91 Å². The second kappa shape index (κ2) is 7.78. The smallest absolute Gasteiger partial charge is 0.233 e. The van der Waals surface area contributed by atoms with Crippen LogP contribution in [0.25, 0.3) is 5.69 Å². The maximum Gasteiger partial charge on any atom is 0.233 e. The number of likely N-dealkylation sites (tertiary alicyclic amines) is 1.